The fourth-order valence-electron chi connectivity index (χ4n) is 1.86. The summed E-state index contributed by atoms with van der Waals surface area (Å²) in [6.45, 7) is 13.8. The normalized spacial score (nSPS) is 9.42. The summed E-state index contributed by atoms with van der Waals surface area (Å²) in [6, 6.07) is 1.66. The Balaban J connectivity index is 3.32. The zero-order valence-corrected chi connectivity index (χ0v) is 14.0. The zero-order valence-electron chi connectivity index (χ0n) is 14.0. The molecule has 0 amide bonds. The number of carbonyl (C=O) groups excluding carboxylic acids is 2. The minimum atomic E-state index is -0.641. The van der Waals surface area contributed by atoms with Crippen molar-refractivity contribution in [3.8, 4) is 6.07 Å². The smallest absolute Gasteiger partial charge is 0.348 e. The van der Waals surface area contributed by atoms with Crippen molar-refractivity contribution in [1.82, 2.24) is 0 Å². The molecule has 0 aliphatic rings. The SMILES string of the molecule is [C-]#[N+]C(=C)C(=O)OCCCCCCCCCCOC(=O)C(=C)C#N. The Morgan fingerprint density at radius 3 is 1.71 bits per heavy atom. The monoisotopic (exact) mass is 332 g/mol. The standard InChI is InChI=1S/C18H24N2O4/c1-15(14-19)17(21)23-12-10-8-6-4-5-7-9-11-13-24-18(22)16(2)20-3/h1-2,4-13H2. The predicted octanol–water partition coefficient (Wildman–Crippen LogP) is 3.71. The summed E-state index contributed by atoms with van der Waals surface area (Å²) in [5.41, 5.74) is -0.350. The lowest BCUT2D eigenvalue weighted by Gasteiger charge is -2.05. The van der Waals surface area contributed by atoms with Gasteiger partial charge in [-0.1, -0.05) is 51.7 Å². The third-order valence-electron chi connectivity index (χ3n) is 3.26. The molecule has 0 aromatic carbocycles. The van der Waals surface area contributed by atoms with Gasteiger partial charge in [0, 0.05) is 0 Å². The second-order valence-corrected chi connectivity index (χ2v) is 5.25. The molecule has 0 spiro atoms. The number of hydrogen-bond donors (Lipinski definition) is 0. The summed E-state index contributed by atoms with van der Waals surface area (Å²) in [4.78, 5) is 25.2. The van der Waals surface area contributed by atoms with Crippen LogP contribution in [0.2, 0.25) is 0 Å². The van der Waals surface area contributed by atoms with Crippen LogP contribution in [0.1, 0.15) is 51.4 Å². The minimum Gasteiger partial charge on any atom is -0.471 e. The number of carbonyl (C=O) groups is 2. The first-order valence-corrected chi connectivity index (χ1v) is 8.02. The Labute approximate surface area is 143 Å². The molecule has 0 bridgehead atoms. The van der Waals surface area contributed by atoms with Crippen molar-refractivity contribution in [2.75, 3.05) is 13.2 Å². The molecular weight excluding hydrogens is 308 g/mol. The third kappa shape index (κ3) is 11.0. The Kier molecular flexibility index (Phi) is 12.5. The number of esters is 2. The van der Waals surface area contributed by atoms with Gasteiger partial charge in [-0.05, 0) is 12.8 Å². The molecular formula is C18H24N2O4. The average molecular weight is 332 g/mol. The van der Waals surface area contributed by atoms with Crippen molar-refractivity contribution in [2.45, 2.75) is 51.4 Å². The van der Waals surface area contributed by atoms with E-state index in [9.17, 15) is 9.59 Å². The third-order valence-corrected chi connectivity index (χ3v) is 3.26. The van der Waals surface area contributed by atoms with Gasteiger partial charge >= 0.3 is 11.9 Å². The maximum atomic E-state index is 11.1. The van der Waals surface area contributed by atoms with Crippen molar-refractivity contribution < 1.29 is 19.1 Å². The number of rotatable bonds is 13. The molecule has 0 aliphatic carbocycles. The minimum absolute atomic E-state index is 0.168. The van der Waals surface area contributed by atoms with Gasteiger partial charge in [-0.15, -0.1) is 0 Å². The first kappa shape index (κ1) is 21.4. The van der Waals surface area contributed by atoms with Crippen molar-refractivity contribution in [3.63, 3.8) is 0 Å². The van der Waals surface area contributed by atoms with Crippen molar-refractivity contribution >= 4 is 11.9 Å². The van der Waals surface area contributed by atoms with Crippen LogP contribution in [-0.2, 0) is 19.1 Å². The van der Waals surface area contributed by atoms with E-state index >= 15 is 0 Å². The fourth-order valence-corrected chi connectivity index (χ4v) is 1.86. The first-order valence-electron chi connectivity index (χ1n) is 8.02. The largest absolute Gasteiger partial charge is 0.471 e. The molecule has 6 heteroatoms. The molecule has 0 aromatic heterocycles. The highest BCUT2D eigenvalue weighted by atomic mass is 16.5. The maximum Gasteiger partial charge on any atom is 0.348 e. The quantitative estimate of drug-likeness (QED) is 0.169. The highest BCUT2D eigenvalue weighted by Gasteiger charge is 2.07. The van der Waals surface area contributed by atoms with E-state index < -0.39 is 11.9 Å². The van der Waals surface area contributed by atoms with Crippen molar-refractivity contribution in [3.05, 3.63) is 35.8 Å². The van der Waals surface area contributed by atoms with Gasteiger partial charge in [0.1, 0.15) is 11.6 Å². The summed E-state index contributed by atoms with van der Waals surface area (Å²) in [7, 11) is 0. The van der Waals surface area contributed by atoms with E-state index in [-0.39, 0.29) is 11.3 Å². The Hall–Kier alpha value is -2.60. The second-order valence-electron chi connectivity index (χ2n) is 5.25. The number of hydrogen-bond acceptors (Lipinski definition) is 5. The number of ether oxygens (including phenoxy) is 2. The van der Waals surface area contributed by atoms with Gasteiger partial charge in [0.2, 0.25) is 0 Å². The Morgan fingerprint density at radius 1 is 0.875 bits per heavy atom. The van der Waals surface area contributed by atoms with Crippen LogP contribution < -0.4 is 0 Å². The molecule has 0 aromatic rings. The summed E-state index contributed by atoms with van der Waals surface area (Å²) in [5, 5.41) is 8.45. The molecule has 0 heterocycles. The molecule has 0 aliphatic heterocycles. The van der Waals surface area contributed by atoms with Gasteiger partial charge in [-0.2, -0.15) is 5.26 Å². The van der Waals surface area contributed by atoms with Gasteiger partial charge in [-0.3, -0.25) is 4.79 Å². The molecule has 0 saturated carbocycles. The number of nitrogens with zero attached hydrogens (tertiary/aromatic N) is 2. The molecule has 0 rings (SSSR count). The topological polar surface area (TPSA) is 80.8 Å². The lowest BCUT2D eigenvalue weighted by Crippen LogP contribution is -2.06. The summed E-state index contributed by atoms with van der Waals surface area (Å²) in [5.74, 6) is -1.28. The molecule has 6 nitrogen and oxygen atoms in total. The van der Waals surface area contributed by atoms with Gasteiger partial charge in [-0.25, -0.2) is 9.64 Å². The van der Waals surface area contributed by atoms with Gasteiger partial charge in [0.25, 0.3) is 5.70 Å². The summed E-state index contributed by atoms with van der Waals surface area (Å²) in [6.07, 6.45) is 7.87. The maximum absolute atomic E-state index is 11.1. The first-order chi connectivity index (χ1) is 11.5. The van der Waals surface area contributed by atoms with Crippen LogP contribution in [0.4, 0.5) is 0 Å². The lowest BCUT2D eigenvalue weighted by molar-refractivity contribution is -0.139. The van der Waals surface area contributed by atoms with E-state index in [1.807, 2.05) is 0 Å². The Morgan fingerprint density at radius 2 is 1.29 bits per heavy atom. The van der Waals surface area contributed by atoms with Crippen LogP contribution in [-0.4, -0.2) is 25.2 Å². The van der Waals surface area contributed by atoms with E-state index in [2.05, 4.69) is 18.0 Å². The highest BCUT2D eigenvalue weighted by Crippen LogP contribution is 2.09. The van der Waals surface area contributed by atoms with Crippen LogP contribution in [0.5, 0.6) is 0 Å². The van der Waals surface area contributed by atoms with Crippen LogP contribution in [0.3, 0.4) is 0 Å². The molecule has 0 unspecified atom stereocenters. The van der Waals surface area contributed by atoms with Crippen molar-refractivity contribution in [2.24, 2.45) is 0 Å². The van der Waals surface area contributed by atoms with E-state index in [1.54, 1.807) is 6.07 Å². The van der Waals surface area contributed by atoms with Gasteiger partial charge in [0.05, 0.1) is 19.8 Å². The zero-order chi connectivity index (χ0) is 18.2. The molecule has 0 radical (unpaired) electrons. The molecule has 0 fully saturated rings. The highest BCUT2D eigenvalue weighted by molar-refractivity contribution is 5.91. The van der Waals surface area contributed by atoms with E-state index in [0.717, 1.165) is 51.4 Å². The van der Waals surface area contributed by atoms with E-state index in [0.29, 0.717) is 13.2 Å². The fraction of sp³-hybridized carbons (Fsp3) is 0.556. The summed E-state index contributed by atoms with van der Waals surface area (Å²) < 4.78 is 9.77. The molecule has 130 valence electrons. The molecule has 24 heavy (non-hydrogen) atoms. The molecule has 0 N–H and O–H groups in total. The average Bonchev–Trinajstić information content (AvgIpc) is 2.60. The predicted molar refractivity (Wildman–Crippen MR) is 89.3 cm³/mol. The van der Waals surface area contributed by atoms with Crippen LogP contribution in [0.15, 0.2) is 24.4 Å². The second kappa shape index (κ2) is 14.0. The van der Waals surface area contributed by atoms with Gasteiger partial charge in [0.15, 0.2) is 0 Å². The number of unbranched alkanes of at least 4 members (excludes halogenated alkanes) is 7. The van der Waals surface area contributed by atoms with E-state index in [1.165, 1.54) is 0 Å². The number of nitriles is 1. The molecule has 0 atom stereocenters. The van der Waals surface area contributed by atoms with E-state index in [4.69, 9.17) is 21.3 Å². The van der Waals surface area contributed by atoms with Crippen molar-refractivity contribution in [1.29, 1.82) is 5.26 Å². The summed E-state index contributed by atoms with van der Waals surface area (Å²) >= 11 is 0. The lowest BCUT2D eigenvalue weighted by atomic mass is 10.1. The van der Waals surface area contributed by atoms with Crippen LogP contribution in [0.25, 0.3) is 4.85 Å². The van der Waals surface area contributed by atoms with Gasteiger partial charge < -0.3 is 9.47 Å². The van der Waals surface area contributed by atoms with Crippen LogP contribution >= 0.6 is 0 Å². The molecule has 0 saturated heterocycles. The van der Waals surface area contributed by atoms with Crippen LogP contribution in [0, 0.1) is 17.9 Å². The Bertz CT molecular complexity index is 478.